The quantitative estimate of drug-likeness (QED) is 0.861. The molecule has 0 aromatic carbocycles. The number of hydrogen-bond donors (Lipinski definition) is 1. The summed E-state index contributed by atoms with van der Waals surface area (Å²) >= 11 is 3.88. The van der Waals surface area contributed by atoms with E-state index in [2.05, 4.69) is 22.6 Å². The zero-order valence-corrected chi connectivity index (χ0v) is 10.5. The molecular formula is C10H9IO2S. The van der Waals surface area contributed by atoms with Gasteiger partial charge >= 0.3 is 0 Å². The lowest BCUT2D eigenvalue weighted by Crippen LogP contribution is -1.97. The molecule has 0 saturated heterocycles. The van der Waals surface area contributed by atoms with E-state index in [1.165, 1.54) is 2.88 Å². The standard InChI is InChI=1S/C10H9IO2S/c1-6-3-13-4-8(6)10(12)7-2-9(11)14-5-7/h2-5,10,12H,1H3. The lowest BCUT2D eigenvalue weighted by Gasteiger charge is -2.06. The normalized spacial score (nSPS) is 13.1. The summed E-state index contributed by atoms with van der Waals surface area (Å²) in [5.41, 5.74) is 2.77. The number of hydrogen-bond acceptors (Lipinski definition) is 3. The van der Waals surface area contributed by atoms with Gasteiger partial charge in [0, 0.05) is 5.56 Å². The highest BCUT2D eigenvalue weighted by Crippen LogP contribution is 2.29. The molecule has 2 aromatic heterocycles. The van der Waals surface area contributed by atoms with E-state index < -0.39 is 6.10 Å². The molecule has 2 nitrogen and oxygen atoms in total. The number of furan rings is 1. The molecule has 2 aromatic rings. The number of aryl methyl sites for hydroxylation is 1. The first-order valence-electron chi connectivity index (χ1n) is 4.13. The SMILES string of the molecule is Cc1cocc1C(O)c1csc(I)c1. The average Bonchev–Trinajstić information content (AvgIpc) is 2.73. The molecule has 1 N–H and O–H groups in total. The highest BCUT2D eigenvalue weighted by molar-refractivity contribution is 14.1. The van der Waals surface area contributed by atoms with Crippen molar-refractivity contribution in [1.29, 1.82) is 0 Å². The highest BCUT2D eigenvalue weighted by Gasteiger charge is 2.15. The Labute approximate surface area is 99.7 Å². The van der Waals surface area contributed by atoms with Gasteiger partial charge in [0.1, 0.15) is 6.10 Å². The van der Waals surface area contributed by atoms with Crippen molar-refractivity contribution in [1.82, 2.24) is 0 Å². The van der Waals surface area contributed by atoms with Crippen LogP contribution in [0.5, 0.6) is 0 Å². The van der Waals surface area contributed by atoms with Crippen molar-refractivity contribution in [3.05, 3.63) is 43.5 Å². The van der Waals surface area contributed by atoms with Gasteiger partial charge in [-0.1, -0.05) is 0 Å². The Kier molecular flexibility index (Phi) is 2.94. The molecule has 0 fully saturated rings. The van der Waals surface area contributed by atoms with E-state index in [4.69, 9.17) is 4.42 Å². The Morgan fingerprint density at radius 3 is 2.79 bits per heavy atom. The van der Waals surface area contributed by atoms with Crippen molar-refractivity contribution in [3.63, 3.8) is 0 Å². The third-order valence-electron chi connectivity index (χ3n) is 2.09. The minimum Gasteiger partial charge on any atom is -0.472 e. The molecule has 1 atom stereocenters. The van der Waals surface area contributed by atoms with E-state index in [1.54, 1.807) is 23.9 Å². The third-order valence-corrected chi connectivity index (χ3v) is 3.90. The Hall–Kier alpha value is -0.330. The number of halogens is 1. The fourth-order valence-electron chi connectivity index (χ4n) is 1.30. The molecule has 2 heterocycles. The molecule has 74 valence electrons. The summed E-state index contributed by atoms with van der Waals surface area (Å²) in [4.78, 5) is 0. The average molecular weight is 320 g/mol. The van der Waals surface area contributed by atoms with Crippen LogP contribution in [0.15, 0.2) is 28.4 Å². The van der Waals surface area contributed by atoms with Crippen LogP contribution in [0.25, 0.3) is 0 Å². The summed E-state index contributed by atoms with van der Waals surface area (Å²) in [7, 11) is 0. The maximum absolute atomic E-state index is 10.0. The topological polar surface area (TPSA) is 33.4 Å². The molecule has 14 heavy (non-hydrogen) atoms. The smallest absolute Gasteiger partial charge is 0.108 e. The van der Waals surface area contributed by atoms with Crippen molar-refractivity contribution in [3.8, 4) is 0 Å². The summed E-state index contributed by atoms with van der Waals surface area (Å²) in [6.45, 7) is 1.93. The monoisotopic (exact) mass is 320 g/mol. The number of rotatable bonds is 2. The predicted molar refractivity (Wildman–Crippen MR) is 64.5 cm³/mol. The maximum atomic E-state index is 10.0. The van der Waals surface area contributed by atoms with Gasteiger partial charge in [-0.05, 0) is 52.1 Å². The van der Waals surface area contributed by atoms with Gasteiger partial charge in [0.05, 0.1) is 15.4 Å². The lowest BCUT2D eigenvalue weighted by atomic mass is 10.0. The number of thiophene rings is 1. The van der Waals surface area contributed by atoms with Crippen LogP contribution in [0.2, 0.25) is 0 Å². The van der Waals surface area contributed by atoms with E-state index in [9.17, 15) is 5.11 Å². The van der Waals surface area contributed by atoms with Crippen molar-refractivity contribution in [2.45, 2.75) is 13.0 Å². The van der Waals surface area contributed by atoms with Crippen LogP contribution >= 0.6 is 33.9 Å². The Morgan fingerprint density at radius 2 is 2.29 bits per heavy atom. The number of aliphatic hydroxyl groups is 1. The van der Waals surface area contributed by atoms with Gasteiger partial charge in [-0.25, -0.2) is 0 Å². The van der Waals surface area contributed by atoms with Gasteiger partial charge in [0.2, 0.25) is 0 Å². The molecule has 0 aliphatic carbocycles. The Morgan fingerprint density at radius 1 is 1.50 bits per heavy atom. The second kappa shape index (κ2) is 4.04. The Balaban J connectivity index is 2.33. The van der Waals surface area contributed by atoms with Gasteiger partial charge in [0.15, 0.2) is 0 Å². The van der Waals surface area contributed by atoms with Crippen LogP contribution in [0.3, 0.4) is 0 Å². The molecule has 0 bridgehead atoms. The highest BCUT2D eigenvalue weighted by atomic mass is 127. The minimum atomic E-state index is -0.562. The minimum absolute atomic E-state index is 0.562. The zero-order valence-electron chi connectivity index (χ0n) is 7.53. The summed E-state index contributed by atoms with van der Waals surface area (Å²) in [5.74, 6) is 0. The van der Waals surface area contributed by atoms with Gasteiger partial charge in [-0.15, -0.1) is 11.3 Å². The van der Waals surface area contributed by atoms with Crippen molar-refractivity contribution in [2.24, 2.45) is 0 Å². The molecule has 0 saturated carbocycles. The second-order valence-corrected chi connectivity index (χ2v) is 5.90. The van der Waals surface area contributed by atoms with Gasteiger partial charge < -0.3 is 9.52 Å². The summed E-state index contributed by atoms with van der Waals surface area (Å²) in [6, 6.07) is 1.99. The van der Waals surface area contributed by atoms with Crippen LogP contribution in [0.1, 0.15) is 22.8 Å². The maximum Gasteiger partial charge on any atom is 0.108 e. The lowest BCUT2D eigenvalue weighted by molar-refractivity contribution is 0.219. The molecule has 2 rings (SSSR count). The zero-order chi connectivity index (χ0) is 10.1. The fraction of sp³-hybridized carbons (Fsp3) is 0.200. The first kappa shape index (κ1) is 10.2. The number of aliphatic hydroxyl groups excluding tert-OH is 1. The van der Waals surface area contributed by atoms with Crippen LogP contribution in [0, 0.1) is 9.81 Å². The third kappa shape index (κ3) is 1.87. The molecule has 0 aliphatic rings. The van der Waals surface area contributed by atoms with Crippen LogP contribution in [0.4, 0.5) is 0 Å². The summed E-state index contributed by atoms with van der Waals surface area (Å²) in [6.07, 6.45) is 2.69. The first-order valence-corrected chi connectivity index (χ1v) is 6.09. The van der Waals surface area contributed by atoms with Crippen molar-refractivity contribution in [2.75, 3.05) is 0 Å². The fourth-order valence-corrected chi connectivity index (χ4v) is 2.69. The van der Waals surface area contributed by atoms with Crippen LogP contribution < -0.4 is 0 Å². The van der Waals surface area contributed by atoms with E-state index >= 15 is 0 Å². The summed E-state index contributed by atoms with van der Waals surface area (Å²) < 4.78 is 6.21. The van der Waals surface area contributed by atoms with E-state index in [0.29, 0.717) is 0 Å². The first-order chi connectivity index (χ1) is 6.68. The van der Waals surface area contributed by atoms with Crippen LogP contribution in [-0.4, -0.2) is 5.11 Å². The van der Waals surface area contributed by atoms with Crippen LogP contribution in [-0.2, 0) is 0 Å². The molecule has 0 radical (unpaired) electrons. The molecule has 0 spiro atoms. The molecule has 4 heteroatoms. The largest absolute Gasteiger partial charge is 0.472 e. The second-order valence-electron chi connectivity index (χ2n) is 3.10. The molecule has 0 amide bonds. The molecule has 0 aliphatic heterocycles. The predicted octanol–water partition coefficient (Wildman–Crippen LogP) is 3.34. The van der Waals surface area contributed by atoms with E-state index in [0.717, 1.165) is 16.7 Å². The Bertz CT molecular complexity index is 433. The van der Waals surface area contributed by atoms with Gasteiger partial charge in [-0.3, -0.25) is 0 Å². The van der Waals surface area contributed by atoms with Crippen molar-refractivity contribution >= 4 is 33.9 Å². The van der Waals surface area contributed by atoms with Gasteiger partial charge in [0.25, 0.3) is 0 Å². The van der Waals surface area contributed by atoms with Crippen molar-refractivity contribution < 1.29 is 9.52 Å². The molecular weight excluding hydrogens is 311 g/mol. The van der Waals surface area contributed by atoms with E-state index in [1.807, 2.05) is 18.4 Å². The van der Waals surface area contributed by atoms with E-state index in [-0.39, 0.29) is 0 Å². The summed E-state index contributed by atoms with van der Waals surface area (Å²) in [5, 5.41) is 12.0. The van der Waals surface area contributed by atoms with Gasteiger partial charge in [-0.2, -0.15) is 0 Å². The molecule has 1 unspecified atom stereocenters.